The van der Waals surface area contributed by atoms with E-state index in [9.17, 15) is 8.42 Å². The van der Waals surface area contributed by atoms with Crippen LogP contribution in [0, 0.1) is 0 Å². The molecule has 5 rings (SSSR count). The van der Waals surface area contributed by atoms with Gasteiger partial charge >= 0.3 is 0 Å². The molecular formula is C20H22ClN5O2S. The average molecular weight is 432 g/mol. The van der Waals surface area contributed by atoms with Gasteiger partial charge in [0.25, 0.3) is 0 Å². The van der Waals surface area contributed by atoms with Crippen LogP contribution in [0.4, 0.5) is 5.82 Å². The molecule has 2 bridgehead atoms. The first-order valence-corrected chi connectivity index (χ1v) is 11.9. The van der Waals surface area contributed by atoms with E-state index in [1.165, 1.54) is 6.26 Å². The summed E-state index contributed by atoms with van der Waals surface area (Å²) in [4.78, 5) is 11.6. The van der Waals surface area contributed by atoms with E-state index in [1.807, 2.05) is 41.9 Å². The van der Waals surface area contributed by atoms with Crippen LogP contribution in [0.2, 0.25) is 5.02 Å². The third kappa shape index (κ3) is 3.29. The number of benzene rings is 1. The van der Waals surface area contributed by atoms with Crippen LogP contribution in [0.15, 0.2) is 36.5 Å². The molecule has 7 nitrogen and oxygen atoms in total. The summed E-state index contributed by atoms with van der Waals surface area (Å²) in [5.74, 6) is 1.68. The van der Waals surface area contributed by atoms with Crippen molar-refractivity contribution < 1.29 is 8.42 Å². The summed E-state index contributed by atoms with van der Waals surface area (Å²) in [5.41, 5.74) is 2.83. The van der Waals surface area contributed by atoms with Gasteiger partial charge in [-0.15, -0.1) is 0 Å². The smallest absolute Gasteiger partial charge is 0.208 e. The van der Waals surface area contributed by atoms with Gasteiger partial charge in [-0.1, -0.05) is 23.7 Å². The number of rotatable bonds is 4. The summed E-state index contributed by atoms with van der Waals surface area (Å²) in [5, 5.41) is 0.564. The van der Waals surface area contributed by atoms with Gasteiger partial charge in [0.2, 0.25) is 10.0 Å². The maximum Gasteiger partial charge on any atom is 0.208 e. The molecule has 1 aromatic carbocycles. The maximum atomic E-state index is 11.6. The number of aryl methyl sites for hydroxylation is 1. The first kappa shape index (κ1) is 18.8. The quantitative estimate of drug-likeness (QED) is 0.687. The van der Waals surface area contributed by atoms with E-state index < -0.39 is 10.0 Å². The van der Waals surface area contributed by atoms with Crippen molar-refractivity contribution in [3.63, 3.8) is 0 Å². The van der Waals surface area contributed by atoms with Gasteiger partial charge in [-0.2, -0.15) is 0 Å². The van der Waals surface area contributed by atoms with Crippen LogP contribution in [0.3, 0.4) is 0 Å². The fraction of sp³-hybridized carbons (Fsp3) is 0.400. The van der Waals surface area contributed by atoms with Gasteiger partial charge in [0.1, 0.15) is 11.6 Å². The van der Waals surface area contributed by atoms with Crippen molar-refractivity contribution in [3.8, 4) is 11.4 Å². The Balaban J connectivity index is 1.46. The van der Waals surface area contributed by atoms with Crippen LogP contribution in [0.1, 0.15) is 19.3 Å². The molecular weight excluding hydrogens is 410 g/mol. The minimum absolute atomic E-state index is 0.00314. The summed E-state index contributed by atoms with van der Waals surface area (Å²) >= 11 is 6.50. The number of imidazole rings is 1. The lowest BCUT2D eigenvalue weighted by Gasteiger charge is -2.56. The summed E-state index contributed by atoms with van der Waals surface area (Å²) in [6.07, 6.45) is 5.54. The van der Waals surface area contributed by atoms with E-state index in [1.54, 1.807) is 6.20 Å². The van der Waals surface area contributed by atoms with Gasteiger partial charge in [0.05, 0.1) is 22.3 Å². The van der Waals surface area contributed by atoms with Crippen LogP contribution in [-0.4, -0.2) is 47.3 Å². The van der Waals surface area contributed by atoms with Crippen molar-refractivity contribution >= 4 is 38.5 Å². The number of halogens is 1. The number of pyridine rings is 1. The second-order valence-corrected chi connectivity index (χ2v) is 10.2. The number of aromatic nitrogens is 3. The zero-order chi connectivity index (χ0) is 20.3. The Kier molecular flexibility index (Phi) is 4.34. The Morgan fingerprint density at radius 3 is 2.59 bits per heavy atom. The van der Waals surface area contributed by atoms with Crippen molar-refractivity contribution in [2.75, 3.05) is 11.2 Å². The second kappa shape index (κ2) is 6.68. The second-order valence-electron chi connectivity index (χ2n) is 8.01. The Morgan fingerprint density at radius 1 is 1.17 bits per heavy atom. The van der Waals surface area contributed by atoms with Crippen LogP contribution >= 0.6 is 11.6 Å². The van der Waals surface area contributed by atoms with Gasteiger partial charge < -0.3 is 9.47 Å². The van der Waals surface area contributed by atoms with Crippen molar-refractivity contribution in [1.29, 1.82) is 0 Å². The molecule has 29 heavy (non-hydrogen) atoms. The number of fused-ring (bicyclic) bond motifs is 3. The fourth-order valence-corrected chi connectivity index (χ4v) is 5.76. The molecule has 0 radical (unpaired) electrons. The number of para-hydroxylation sites is 2. The van der Waals surface area contributed by atoms with Crippen LogP contribution in [0.5, 0.6) is 0 Å². The van der Waals surface area contributed by atoms with E-state index in [4.69, 9.17) is 16.6 Å². The predicted octanol–water partition coefficient (Wildman–Crippen LogP) is 2.95. The molecule has 4 heterocycles. The lowest BCUT2D eigenvalue weighted by molar-refractivity contribution is 0.209. The largest absolute Gasteiger partial charge is 0.350 e. The number of nitrogens with one attached hydrogen (secondary N) is 1. The van der Waals surface area contributed by atoms with E-state index >= 15 is 0 Å². The van der Waals surface area contributed by atoms with Gasteiger partial charge in [0.15, 0.2) is 0 Å². The Bertz CT molecular complexity index is 1200. The molecule has 2 saturated heterocycles. The highest BCUT2D eigenvalue weighted by Crippen LogP contribution is 2.43. The maximum absolute atomic E-state index is 11.6. The number of hydrogen-bond donors (Lipinski definition) is 1. The Hall–Kier alpha value is -2.16. The highest BCUT2D eigenvalue weighted by Gasteiger charge is 2.46. The third-order valence-electron chi connectivity index (χ3n) is 5.96. The van der Waals surface area contributed by atoms with Crippen LogP contribution in [-0.2, 0) is 17.1 Å². The van der Waals surface area contributed by atoms with E-state index in [-0.39, 0.29) is 18.1 Å². The Morgan fingerprint density at radius 2 is 1.90 bits per heavy atom. The van der Waals surface area contributed by atoms with Crippen molar-refractivity contribution in [1.82, 2.24) is 19.3 Å². The summed E-state index contributed by atoms with van der Waals surface area (Å²) in [7, 11) is -1.20. The monoisotopic (exact) mass is 431 g/mol. The SMILES string of the molecule is Cn1c(-c2cc(N3C4C[C@H](NS(C)(=O)=O)C[C@@H]3C4)ncc2Cl)nc2ccccc21. The van der Waals surface area contributed by atoms with E-state index in [2.05, 4.69) is 14.6 Å². The molecule has 0 aliphatic carbocycles. The highest BCUT2D eigenvalue weighted by atomic mass is 35.5. The lowest BCUT2D eigenvalue weighted by Crippen LogP contribution is -2.64. The molecule has 2 aliphatic rings. The molecule has 2 aliphatic heterocycles. The molecule has 0 saturated carbocycles. The molecule has 0 amide bonds. The van der Waals surface area contributed by atoms with Gasteiger partial charge in [-0.25, -0.2) is 23.1 Å². The minimum Gasteiger partial charge on any atom is -0.350 e. The van der Waals surface area contributed by atoms with Gasteiger partial charge in [0, 0.05) is 36.9 Å². The normalized spacial score (nSPS) is 24.0. The number of anilines is 1. The fourth-order valence-electron chi connectivity index (χ4n) is 4.77. The summed E-state index contributed by atoms with van der Waals surface area (Å²) in [6.45, 7) is 0. The molecule has 1 N–H and O–H groups in total. The highest BCUT2D eigenvalue weighted by molar-refractivity contribution is 7.88. The number of piperidine rings is 1. The summed E-state index contributed by atoms with van der Waals surface area (Å²) < 4.78 is 27.9. The topological polar surface area (TPSA) is 80.1 Å². The molecule has 3 atom stereocenters. The Labute approximate surface area is 174 Å². The predicted molar refractivity (Wildman–Crippen MR) is 115 cm³/mol. The molecule has 0 spiro atoms. The number of nitrogens with zero attached hydrogens (tertiary/aromatic N) is 4. The van der Waals surface area contributed by atoms with Crippen LogP contribution < -0.4 is 9.62 Å². The summed E-state index contributed by atoms with van der Waals surface area (Å²) in [6, 6.07) is 10.6. The number of hydrogen-bond acceptors (Lipinski definition) is 5. The van der Waals surface area contributed by atoms with Crippen molar-refractivity contribution in [3.05, 3.63) is 41.6 Å². The van der Waals surface area contributed by atoms with Crippen molar-refractivity contribution in [2.24, 2.45) is 7.05 Å². The molecule has 3 aromatic rings. The molecule has 9 heteroatoms. The average Bonchev–Trinajstić information content (AvgIpc) is 2.99. The molecule has 2 fully saturated rings. The van der Waals surface area contributed by atoms with Crippen LogP contribution in [0.25, 0.3) is 22.4 Å². The molecule has 152 valence electrons. The first-order chi connectivity index (χ1) is 13.8. The lowest BCUT2D eigenvalue weighted by atomic mass is 9.77. The van der Waals surface area contributed by atoms with E-state index in [0.29, 0.717) is 5.02 Å². The minimum atomic E-state index is -3.19. The van der Waals surface area contributed by atoms with Gasteiger partial charge in [-0.3, -0.25) is 0 Å². The number of sulfonamides is 1. The third-order valence-corrected chi connectivity index (χ3v) is 7.02. The van der Waals surface area contributed by atoms with E-state index in [0.717, 1.165) is 47.5 Å². The molecule has 1 unspecified atom stereocenters. The molecule has 2 aromatic heterocycles. The van der Waals surface area contributed by atoms with Gasteiger partial charge in [-0.05, 0) is 37.5 Å². The standard InChI is InChI=1S/C20H22ClN5O2S/c1-25-18-6-4-3-5-17(18)23-20(25)15-10-19(22-11-16(15)21)26-13-7-12(8-14(26)9-13)24-29(2,27)28/h3-6,10-14,24H,7-9H2,1-2H3/t12-,13-,14?/m1/s1. The first-order valence-electron chi connectivity index (χ1n) is 9.63. The zero-order valence-electron chi connectivity index (χ0n) is 16.2. The van der Waals surface area contributed by atoms with Crippen molar-refractivity contribution in [2.45, 2.75) is 37.4 Å². The zero-order valence-corrected chi connectivity index (χ0v) is 17.8.